The Kier molecular flexibility index (Phi) is 9.59. The fourth-order valence-electron chi connectivity index (χ4n) is 1.27. The Morgan fingerprint density at radius 1 is 1.14 bits per heavy atom. The summed E-state index contributed by atoms with van der Waals surface area (Å²) in [5, 5.41) is 5.09. The second-order valence-electron chi connectivity index (χ2n) is 3.50. The van der Waals surface area contributed by atoms with Gasteiger partial charge in [0.05, 0.1) is 0 Å². The number of nitrogens with one attached hydrogen (secondary N) is 1. The number of hydrogen-bond acceptors (Lipinski definition) is 2. The topological polar surface area (TPSA) is 39.5 Å². The smallest absolute Gasteiger partial charge is 0.0423 e. The zero-order chi connectivity index (χ0) is 10.6. The molecule has 0 aromatic carbocycles. The summed E-state index contributed by atoms with van der Waals surface area (Å²) in [6.07, 6.45) is 11.3. The quantitative estimate of drug-likeness (QED) is 0.337. The van der Waals surface area contributed by atoms with Crippen LogP contribution in [0.3, 0.4) is 0 Å². The van der Waals surface area contributed by atoms with Crippen molar-refractivity contribution in [2.24, 2.45) is 5.22 Å². The zero-order valence-electron chi connectivity index (χ0n) is 9.50. The Morgan fingerprint density at radius 2 is 1.93 bits per heavy atom. The Hall–Kier alpha value is -0.860. The van der Waals surface area contributed by atoms with Gasteiger partial charge in [0.15, 0.2) is 0 Å². The lowest BCUT2D eigenvalue weighted by Gasteiger charge is -2.09. The highest BCUT2D eigenvalue weighted by atomic mass is 15.5. The van der Waals surface area contributed by atoms with Crippen molar-refractivity contribution in [3.05, 3.63) is 12.3 Å². The van der Waals surface area contributed by atoms with Crippen molar-refractivity contribution < 1.29 is 0 Å². The van der Waals surface area contributed by atoms with Gasteiger partial charge in [-0.2, -0.15) is 5.53 Å². The maximum Gasteiger partial charge on any atom is 0.0423 e. The predicted octanol–water partition coefficient (Wildman–Crippen LogP) is 4.13. The molecule has 0 atom stereocenters. The summed E-state index contributed by atoms with van der Waals surface area (Å²) >= 11 is 0. The molecule has 1 N–H and O–H groups in total. The van der Waals surface area contributed by atoms with Crippen LogP contribution in [0, 0.1) is 5.53 Å². The molecule has 0 bridgehead atoms. The summed E-state index contributed by atoms with van der Waals surface area (Å²) in [6.45, 7) is 5.15. The number of unbranched alkanes of at least 4 members (excludes halogenated alkanes) is 4. The van der Waals surface area contributed by atoms with Gasteiger partial charge in [-0.3, -0.25) is 5.01 Å². The molecule has 0 aliphatic carbocycles. The third kappa shape index (κ3) is 7.77. The van der Waals surface area contributed by atoms with E-state index < -0.39 is 0 Å². The van der Waals surface area contributed by atoms with Crippen molar-refractivity contribution in [3.63, 3.8) is 0 Å². The largest absolute Gasteiger partial charge is 0.255 e. The van der Waals surface area contributed by atoms with Crippen LogP contribution in [0.4, 0.5) is 0 Å². The third-order valence-electron chi connectivity index (χ3n) is 2.08. The molecule has 3 nitrogen and oxygen atoms in total. The lowest BCUT2D eigenvalue weighted by molar-refractivity contribution is 0.360. The van der Waals surface area contributed by atoms with Crippen LogP contribution in [0.2, 0.25) is 0 Å². The standard InChI is InChI=1S/C11H23N3/c1-3-5-6-7-8-9-11-14(13-12)10-4-2/h9,11-12H,3-8,10H2,1-2H3. The molecule has 0 unspecified atom stereocenters. The molecule has 82 valence electrons. The van der Waals surface area contributed by atoms with E-state index in [4.69, 9.17) is 5.53 Å². The monoisotopic (exact) mass is 197 g/mol. The van der Waals surface area contributed by atoms with Crippen molar-refractivity contribution in [2.45, 2.75) is 52.4 Å². The lowest BCUT2D eigenvalue weighted by Crippen LogP contribution is -2.08. The maximum absolute atomic E-state index is 6.91. The Morgan fingerprint density at radius 3 is 2.50 bits per heavy atom. The van der Waals surface area contributed by atoms with Gasteiger partial charge in [0.25, 0.3) is 0 Å². The first-order chi connectivity index (χ1) is 6.85. The van der Waals surface area contributed by atoms with Crippen molar-refractivity contribution in [1.29, 1.82) is 5.53 Å². The van der Waals surface area contributed by atoms with Crippen LogP contribution in [0.25, 0.3) is 0 Å². The van der Waals surface area contributed by atoms with Crippen LogP contribution in [-0.4, -0.2) is 11.6 Å². The van der Waals surface area contributed by atoms with E-state index in [2.05, 4.69) is 25.1 Å². The highest BCUT2D eigenvalue weighted by Gasteiger charge is 1.91. The molecule has 0 aromatic heterocycles. The number of hydrogen-bond donors (Lipinski definition) is 1. The second-order valence-corrected chi connectivity index (χ2v) is 3.50. The van der Waals surface area contributed by atoms with E-state index in [-0.39, 0.29) is 0 Å². The Bertz CT molecular complexity index is 155. The van der Waals surface area contributed by atoms with E-state index in [1.165, 1.54) is 25.7 Å². The summed E-state index contributed by atoms with van der Waals surface area (Å²) in [6, 6.07) is 0. The third-order valence-corrected chi connectivity index (χ3v) is 2.08. The van der Waals surface area contributed by atoms with Crippen molar-refractivity contribution in [1.82, 2.24) is 5.01 Å². The molecule has 0 fully saturated rings. The molecule has 0 spiro atoms. The minimum absolute atomic E-state index is 0.842. The van der Waals surface area contributed by atoms with E-state index in [9.17, 15) is 0 Å². The fourth-order valence-corrected chi connectivity index (χ4v) is 1.27. The Balaban J connectivity index is 3.43. The molecule has 0 radical (unpaired) electrons. The van der Waals surface area contributed by atoms with Gasteiger partial charge in [-0.15, -0.1) is 0 Å². The van der Waals surface area contributed by atoms with Gasteiger partial charge in [0.2, 0.25) is 0 Å². The number of nitrogens with zero attached hydrogens (tertiary/aromatic N) is 2. The molecule has 0 saturated heterocycles. The van der Waals surface area contributed by atoms with Gasteiger partial charge in [-0.25, -0.2) is 0 Å². The molecular formula is C11H23N3. The molecule has 0 amide bonds. The summed E-state index contributed by atoms with van der Waals surface area (Å²) in [4.78, 5) is 0. The highest BCUT2D eigenvalue weighted by Crippen LogP contribution is 2.03. The van der Waals surface area contributed by atoms with Gasteiger partial charge in [0, 0.05) is 12.7 Å². The average molecular weight is 197 g/mol. The first-order valence-corrected chi connectivity index (χ1v) is 5.65. The summed E-state index contributed by atoms with van der Waals surface area (Å²) < 4.78 is 0. The van der Waals surface area contributed by atoms with E-state index in [1.54, 1.807) is 5.01 Å². The van der Waals surface area contributed by atoms with Crippen LogP contribution < -0.4 is 0 Å². The van der Waals surface area contributed by atoms with Gasteiger partial charge in [-0.05, 0) is 19.3 Å². The average Bonchev–Trinajstić information content (AvgIpc) is 2.21. The minimum Gasteiger partial charge on any atom is -0.255 e. The van der Waals surface area contributed by atoms with Crippen molar-refractivity contribution >= 4 is 0 Å². The zero-order valence-corrected chi connectivity index (χ0v) is 9.50. The summed E-state index contributed by atoms with van der Waals surface area (Å²) in [7, 11) is 0. The van der Waals surface area contributed by atoms with Crippen LogP contribution in [0.1, 0.15) is 52.4 Å². The molecule has 0 aliphatic rings. The van der Waals surface area contributed by atoms with E-state index in [0.717, 1.165) is 19.4 Å². The molecular weight excluding hydrogens is 174 g/mol. The van der Waals surface area contributed by atoms with Gasteiger partial charge in [0.1, 0.15) is 0 Å². The van der Waals surface area contributed by atoms with Gasteiger partial charge in [-0.1, -0.05) is 44.4 Å². The first kappa shape index (κ1) is 13.1. The molecule has 0 aliphatic heterocycles. The number of rotatable bonds is 9. The van der Waals surface area contributed by atoms with Crippen molar-refractivity contribution in [2.75, 3.05) is 6.54 Å². The second kappa shape index (κ2) is 10.2. The van der Waals surface area contributed by atoms with E-state index in [1.807, 2.05) is 6.20 Å². The highest BCUT2D eigenvalue weighted by molar-refractivity contribution is 4.79. The molecule has 0 heterocycles. The maximum atomic E-state index is 6.91. The number of allylic oxidation sites excluding steroid dienone is 1. The van der Waals surface area contributed by atoms with Gasteiger partial charge < -0.3 is 0 Å². The fraction of sp³-hybridized carbons (Fsp3) is 0.818. The van der Waals surface area contributed by atoms with Crippen LogP contribution >= 0.6 is 0 Å². The summed E-state index contributed by atoms with van der Waals surface area (Å²) in [5.41, 5.74) is 6.91. The molecule has 0 aromatic rings. The summed E-state index contributed by atoms with van der Waals surface area (Å²) in [5.74, 6) is 0. The van der Waals surface area contributed by atoms with Crippen LogP contribution in [0.15, 0.2) is 17.5 Å². The predicted molar refractivity (Wildman–Crippen MR) is 60.0 cm³/mol. The van der Waals surface area contributed by atoms with Crippen molar-refractivity contribution in [3.8, 4) is 0 Å². The van der Waals surface area contributed by atoms with Crippen LogP contribution in [0.5, 0.6) is 0 Å². The lowest BCUT2D eigenvalue weighted by atomic mass is 10.1. The minimum atomic E-state index is 0.842. The molecule has 0 rings (SSSR count). The van der Waals surface area contributed by atoms with Crippen LogP contribution in [-0.2, 0) is 0 Å². The molecule has 0 saturated carbocycles. The van der Waals surface area contributed by atoms with Gasteiger partial charge >= 0.3 is 0 Å². The normalized spacial score (nSPS) is 10.7. The van der Waals surface area contributed by atoms with E-state index >= 15 is 0 Å². The Labute approximate surface area is 87.7 Å². The first-order valence-electron chi connectivity index (χ1n) is 5.65. The molecule has 3 heteroatoms. The van der Waals surface area contributed by atoms with E-state index in [0.29, 0.717) is 0 Å². The molecule has 14 heavy (non-hydrogen) atoms. The SMILES string of the molecule is CCCCCCC=CN(CCC)N=N.